The molecule has 0 saturated heterocycles. The van der Waals surface area contributed by atoms with Gasteiger partial charge >= 0.3 is 17.6 Å². The van der Waals surface area contributed by atoms with Crippen LogP contribution in [0.3, 0.4) is 0 Å². The number of rotatable bonds is 21. The molecule has 206 valence electrons. The number of hydrogen-bond donors (Lipinski definition) is 0. The van der Waals surface area contributed by atoms with Gasteiger partial charge in [-0.2, -0.15) is 0 Å². The van der Waals surface area contributed by atoms with Crippen LogP contribution in [0, 0.1) is 0 Å². The molecule has 0 heterocycles. The minimum absolute atomic E-state index is 0.259. The Balaban J connectivity index is 5.48. The van der Waals surface area contributed by atoms with Crippen molar-refractivity contribution in [1.82, 2.24) is 4.57 Å². The Hall–Kier alpha value is 0.371. The van der Waals surface area contributed by atoms with Gasteiger partial charge in [-0.05, 0) is 72.5 Å². The van der Waals surface area contributed by atoms with Gasteiger partial charge in [0.25, 0.3) is 0 Å². The molecule has 0 aliphatic carbocycles. The molecule has 0 amide bonds. The van der Waals surface area contributed by atoms with Crippen LogP contribution in [0.15, 0.2) is 0 Å². The molecule has 0 bridgehead atoms. The van der Waals surface area contributed by atoms with Gasteiger partial charge < -0.3 is 31.1 Å². The molecule has 0 rings (SSSR count). The lowest BCUT2D eigenvalue weighted by atomic mass is 10.2. The van der Waals surface area contributed by atoms with Crippen molar-refractivity contribution in [3.8, 4) is 0 Å². The Bertz CT molecular complexity index is 453. The van der Waals surface area contributed by atoms with Gasteiger partial charge in [-0.15, -0.1) is 0 Å². The standard InChI is InChI=1S/C24H57NO6Si3/c1-12-26-33(27-13-2,28-14-3)22-18-20-25(32(10,11)24(7,8)9)21-19-23-34(29-15-4,30-16-5)31-17-6/h12-23H2,1-11H3. The predicted octanol–water partition coefficient (Wildman–Crippen LogP) is 6.17. The first-order valence-electron chi connectivity index (χ1n) is 13.5. The van der Waals surface area contributed by atoms with Crippen molar-refractivity contribution < 1.29 is 26.6 Å². The lowest BCUT2D eigenvalue weighted by Gasteiger charge is -2.46. The number of hydrogen-bond acceptors (Lipinski definition) is 7. The zero-order valence-corrected chi connectivity index (χ0v) is 27.4. The number of nitrogens with zero attached hydrogens (tertiary/aromatic N) is 1. The average molecular weight is 540 g/mol. The van der Waals surface area contributed by atoms with Crippen molar-refractivity contribution in [2.45, 2.75) is 105 Å². The molecule has 0 saturated carbocycles. The molecular formula is C24H57NO6Si3. The highest BCUT2D eigenvalue weighted by atomic mass is 28.4. The topological polar surface area (TPSA) is 58.6 Å². The zero-order chi connectivity index (χ0) is 26.3. The van der Waals surface area contributed by atoms with E-state index in [2.05, 4.69) is 38.4 Å². The molecule has 34 heavy (non-hydrogen) atoms. The molecule has 0 fully saturated rings. The highest BCUT2D eigenvalue weighted by Crippen LogP contribution is 2.39. The van der Waals surface area contributed by atoms with Crippen LogP contribution in [0.2, 0.25) is 30.2 Å². The lowest BCUT2D eigenvalue weighted by molar-refractivity contribution is 0.0702. The Kier molecular flexibility index (Phi) is 17.2. The normalized spacial score (nSPS) is 13.8. The first-order chi connectivity index (χ1) is 15.9. The molecule has 0 aliphatic heterocycles. The first kappa shape index (κ1) is 34.4. The third kappa shape index (κ3) is 11.2. The van der Waals surface area contributed by atoms with Gasteiger partial charge in [0, 0.05) is 51.7 Å². The van der Waals surface area contributed by atoms with E-state index < -0.39 is 25.8 Å². The van der Waals surface area contributed by atoms with Gasteiger partial charge in [-0.1, -0.05) is 33.9 Å². The van der Waals surface area contributed by atoms with Gasteiger partial charge in [-0.3, -0.25) is 0 Å². The van der Waals surface area contributed by atoms with E-state index in [-0.39, 0.29) is 5.04 Å². The largest absolute Gasteiger partial charge is 0.500 e. The van der Waals surface area contributed by atoms with E-state index in [0.717, 1.165) is 38.0 Å². The van der Waals surface area contributed by atoms with E-state index in [1.54, 1.807) is 0 Å². The van der Waals surface area contributed by atoms with Crippen molar-refractivity contribution in [3.05, 3.63) is 0 Å². The highest BCUT2D eigenvalue weighted by molar-refractivity contribution is 6.77. The summed E-state index contributed by atoms with van der Waals surface area (Å²) in [5.74, 6) is 0. The van der Waals surface area contributed by atoms with Gasteiger partial charge in [0.15, 0.2) is 0 Å². The van der Waals surface area contributed by atoms with Crippen molar-refractivity contribution in [3.63, 3.8) is 0 Å². The Labute approximate surface area is 215 Å². The molecule has 0 aromatic heterocycles. The molecule has 0 unspecified atom stereocenters. The Morgan fingerprint density at radius 3 is 1.00 bits per heavy atom. The average Bonchev–Trinajstić information content (AvgIpc) is 2.73. The van der Waals surface area contributed by atoms with Crippen molar-refractivity contribution in [2.24, 2.45) is 0 Å². The van der Waals surface area contributed by atoms with E-state index in [9.17, 15) is 0 Å². The maximum absolute atomic E-state index is 6.09. The molecule has 0 N–H and O–H groups in total. The predicted molar refractivity (Wildman–Crippen MR) is 149 cm³/mol. The summed E-state index contributed by atoms with van der Waals surface area (Å²) in [6.45, 7) is 30.0. The summed E-state index contributed by atoms with van der Waals surface area (Å²) in [6, 6.07) is 1.70. The SMILES string of the molecule is CCO[Si](CCCN(CCC[Si](OCC)(OCC)OCC)[Si](C)(C)C(C)(C)C)(OCC)OCC. The maximum Gasteiger partial charge on any atom is 0.500 e. The molecule has 7 nitrogen and oxygen atoms in total. The van der Waals surface area contributed by atoms with E-state index in [0.29, 0.717) is 39.6 Å². The van der Waals surface area contributed by atoms with Crippen LogP contribution in [-0.4, -0.2) is 83.1 Å². The molecule has 10 heteroatoms. The molecule has 0 aromatic carbocycles. The van der Waals surface area contributed by atoms with Crippen LogP contribution in [0.5, 0.6) is 0 Å². The summed E-state index contributed by atoms with van der Waals surface area (Å²) < 4.78 is 39.3. The van der Waals surface area contributed by atoms with Crippen LogP contribution in [0.1, 0.15) is 75.2 Å². The highest BCUT2D eigenvalue weighted by Gasteiger charge is 2.44. The van der Waals surface area contributed by atoms with Gasteiger partial charge in [-0.25, -0.2) is 0 Å². The van der Waals surface area contributed by atoms with Crippen LogP contribution in [-0.2, 0) is 26.6 Å². The fourth-order valence-electron chi connectivity index (χ4n) is 4.12. The zero-order valence-electron chi connectivity index (χ0n) is 24.4. The smallest absolute Gasteiger partial charge is 0.374 e. The summed E-state index contributed by atoms with van der Waals surface area (Å²) in [6.07, 6.45) is 2.01. The second-order valence-electron chi connectivity index (χ2n) is 9.97. The van der Waals surface area contributed by atoms with E-state index >= 15 is 0 Å². The molecule has 0 aliphatic rings. The molecular weight excluding hydrogens is 483 g/mol. The Morgan fingerprint density at radius 1 is 0.529 bits per heavy atom. The van der Waals surface area contributed by atoms with E-state index in [4.69, 9.17) is 26.6 Å². The summed E-state index contributed by atoms with van der Waals surface area (Å²) >= 11 is 0. The minimum Gasteiger partial charge on any atom is -0.374 e. The second kappa shape index (κ2) is 17.0. The van der Waals surface area contributed by atoms with Gasteiger partial charge in [0.1, 0.15) is 8.24 Å². The summed E-state index contributed by atoms with van der Waals surface area (Å²) in [7, 11) is -6.97. The van der Waals surface area contributed by atoms with E-state index in [1.165, 1.54) is 0 Å². The summed E-state index contributed by atoms with van der Waals surface area (Å²) in [5.41, 5.74) is 0. The fraction of sp³-hybridized carbons (Fsp3) is 1.00. The monoisotopic (exact) mass is 539 g/mol. The fourth-order valence-corrected chi connectivity index (χ4v) is 11.7. The third-order valence-corrected chi connectivity index (χ3v) is 18.6. The van der Waals surface area contributed by atoms with Crippen LogP contribution < -0.4 is 0 Å². The van der Waals surface area contributed by atoms with Crippen LogP contribution in [0.4, 0.5) is 0 Å². The van der Waals surface area contributed by atoms with Crippen LogP contribution in [0.25, 0.3) is 0 Å². The van der Waals surface area contributed by atoms with Gasteiger partial charge in [0.2, 0.25) is 0 Å². The lowest BCUT2D eigenvalue weighted by Crippen LogP contribution is -2.56. The van der Waals surface area contributed by atoms with Crippen LogP contribution >= 0.6 is 0 Å². The van der Waals surface area contributed by atoms with Crippen molar-refractivity contribution >= 4 is 25.8 Å². The maximum atomic E-state index is 6.09. The van der Waals surface area contributed by atoms with Crippen molar-refractivity contribution in [1.29, 1.82) is 0 Å². The summed E-state index contributed by atoms with van der Waals surface area (Å²) in [4.78, 5) is 0. The van der Waals surface area contributed by atoms with Gasteiger partial charge in [0.05, 0.1) is 0 Å². The van der Waals surface area contributed by atoms with Crippen molar-refractivity contribution in [2.75, 3.05) is 52.7 Å². The second-order valence-corrected chi connectivity index (χ2v) is 20.7. The minimum atomic E-state index is -2.63. The molecule has 0 atom stereocenters. The molecule has 0 spiro atoms. The van der Waals surface area contributed by atoms with E-state index in [1.807, 2.05) is 41.5 Å². The first-order valence-corrected chi connectivity index (χ1v) is 20.3. The quantitative estimate of drug-likeness (QED) is 0.162. The summed E-state index contributed by atoms with van der Waals surface area (Å²) in [5, 5.41) is 0.259. The molecule has 0 aromatic rings. The Morgan fingerprint density at radius 2 is 0.794 bits per heavy atom. The molecule has 0 radical (unpaired) electrons. The third-order valence-electron chi connectivity index (χ3n) is 6.63.